The molecule has 0 unspecified atom stereocenters. The number of nitrogen functional groups attached to an aromatic ring is 1. The molecule has 11 rings (SSSR count). The van der Waals surface area contributed by atoms with E-state index in [0.29, 0.717) is 10.6 Å². The van der Waals surface area contributed by atoms with Crippen LogP contribution in [0.3, 0.4) is 0 Å². The maximum Gasteiger partial charge on any atom is 1.00 e. The molecule has 6 aromatic heterocycles. The maximum atomic E-state index is 10.1. The molecule has 11 aromatic rings. The van der Waals surface area contributed by atoms with E-state index >= 15 is 0 Å². The van der Waals surface area contributed by atoms with Gasteiger partial charge in [-0.2, -0.15) is 15.0 Å². The number of anilines is 5. The van der Waals surface area contributed by atoms with Crippen LogP contribution >= 0.6 is 34.8 Å². The van der Waals surface area contributed by atoms with Crippen LogP contribution in [0, 0.1) is 0 Å². The Kier molecular flexibility index (Phi) is 23.2. The van der Waals surface area contributed by atoms with Crippen LogP contribution in [0.2, 0.25) is 15.7 Å². The average Bonchev–Trinajstić information content (AvgIpc) is 4.08. The molecule has 0 atom stereocenters. The number of nitrogens with one attached hydrogen (secondary N) is 2. The number of nitrogens with zero attached hydrogens (tertiary/aromatic N) is 9. The summed E-state index contributed by atoms with van der Waals surface area (Å²) in [6, 6.07) is 54.0. The van der Waals surface area contributed by atoms with E-state index in [0.717, 1.165) is 73.2 Å². The van der Waals surface area contributed by atoms with Gasteiger partial charge in [0, 0.05) is 62.4 Å². The van der Waals surface area contributed by atoms with E-state index in [1.807, 2.05) is 199 Å². The van der Waals surface area contributed by atoms with Crippen molar-refractivity contribution in [3.63, 3.8) is 0 Å². The monoisotopic (exact) mass is 1090 g/mol. The molecule has 0 amide bonds. The molecule has 378 valence electrons. The predicted molar refractivity (Wildman–Crippen MR) is 302 cm³/mol. The van der Waals surface area contributed by atoms with Gasteiger partial charge in [0.2, 0.25) is 10.6 Å². The van der Waals surface area contributed by atoms with Crippen LogP contribution < -0.4 is 78.3 Å². The van der Waals surface area contributed by atoms with Gasteiger partial charge in [-0.15, -0.1) is 5.60 Å². The molecule has 0 spiro atoms. The topological polar surface area (TPSA) is 206 Å². The van der Waals surface area contributed by atoms with Crippen LogP contribution in [0.5, 0.6) is 0 Å². The van der Waals surface area contributed by atoms with E-state index in [9.17, 15) is 5.11 Å². The first-order valence-corrected chi connectivity index (χ1v) is 24.1. The van der Waals surface area contributed by atoms with Gasteiger partial charge in [-0.25, -0.2) is 15.0 Å². The fourth-order valence-corrected chi connectivity index (χ4v) is 7.22. The summed E-state index contributed by atoms with van der Waals surface area (Å²) >= 11 is 17.4. The van der Waals surface area contributed by atoms with Gasteiger partial charge in [0.1, 0.15) is 33.7 Å². The minimum absolute atomic E-state index is 0. The zero-order chi connectivity index (χ0) is 53.2. The molecule has 0 radical (unpaired) electrons. The summed E-state index contributed by atoms with van der Waals surface area (Å²) in [5.74, 6) is 2.26. The molecule has 0 saturated heterocycles. The van der Waals surface area contributed by atoms with Crippen molar-refractivity contribution in [3.05, 3.63) is 204 Å². The number of para-hydroxylation sites is 3. The summed E-state index contributed by atoms with van der Waals surface area (Å²) in [5.41, 5.74) is 11.4. The van der Waals surface area contributed by atoms with Crippen LogP contribution in [0.25, 0.3) is 44.5 Å². The average molecular weight is 1090 g/mol. The van der Waals surface area contributed by atoms with Gasteiger partial charge in [-0.3, -0.25) is 0 Å². The smallest absolute Gasteiger partial charge is 0.850 e. The first-order valence-electron chi connectivity index (χ1n) is 23.0. The standard InChI is InChI=1S/C19H16N4.C13H11ClN4.C7H5Cl2N3.C6H7BO2.C6H7N.C4H9O.K/c1-23-13-12-16-18(20-15-10-6-3-7-11-15)21-17(22-19(16)23)14-8-4-2-5-9-14;1-18-8-7-10-11(16-13(14)17-12(10)18)15-9-5-3-2-4-6-9;1-12-3-2-4-5(8)10-7(9)11-6(4)12;8-7(9)6-4-2-1-3-5-6;7-6-4-2-1-3-5-6;1-4(2,3)5;/h2-13H,1H3,(H,20,21,22);2-8H,1H3,(H,15,16,17);2-3H,1H3;1-5,8-9H;1-5H,7H2;1-3H3;/q;;;;;-1;+1. The number of hydrogen-bond acceptors (Lipinski definition) is 12. The zero-order valence-electron chi connectivity index (χ0n) is 42.5. The van der Waals surface area contributed by atoms with Crippen LogP contribution in [0.15, 0.2) is 188 Å². The van der Waals surface area contributed by atoms with E-state index in [4.69, 9.17) is 60.6 Å². The summed E-state index contributed by atoms with van der Waals surface area (Å²) in [6.45, 7) is 4.90. The van der Waals surface area contributed by atoms with Gasteiger partial charge in [-0.1, -0.05) is 148 Å². The van der Waals surface area contributed by atoms with E-state index in [2.05, 4.69) is 30.6 Å². The molecule has 6 heterocycles. The van der Waals surface area contributed by atoms with Crippen molar-refractivity contribution in [2.45, 2.75) is 26.4 Å². The molecule has 75 heavy (non-hydrogen) atoms. The molecule has 6 N–H and O–H groups in total. The second-order valence-electron chi connectivity index (χ2n) is 17.2. The third kappa shape index (κ3) is 18.9. The number of aromatic nitrogens is 9. The van der Waals surface area contributed by atoms with Gasteiger partial charge in [-0.05, 0) is 83.3 Å². The second kappa shape index (κ2) is 29.2. The number of benzene rings is 5. The van der Waals surface area contributed by atoms with Gasteiger partial charge >= 0.3 is 58.5 Å². The number of halogens is 3. The SMILES string of the molecule is CC(C)(C)[O-].Cn1ccc2c(Cl)nc(Cl)nc21.Cn1ccc2c(Nc3ccccc3)nc(-c3ccccc3)nc21.Cn1ccc2c(Nc3ccccc3)nc(Cl)nc21.Nc1ccccc1.OB(O)c1ccccc1.[K+]. The van der Waals surface area contributed by atoms with E-state index in [1.165, 1.54) is 0 Å². The fourth-order valence-electron chi connectivity index (χ4n) is 6.62. The van der Waals surface area contributed by atoms with Crippen molar-refractivity contribution in [2.75, 3.05) is 16.4 Å². The van der Waals surface area contributed by atoms with Crippen LogP contribution in [-0.4, -0.2) is 66.4 Å². The van der Waals surface area contributed by atoms with Crippen molar-refractivity contribution in [3.8, 4) is 11.4 Å². The van der Waals surface area contributed by atoms with Gasteiger partial charge < -0.3 is 45.2 Å². The number of aryl methyl sites for hydroxylation is 3. The number of fused-ring (bicyclic) bond motifs is 3. The van der Waals surface area contributed by atoms with Crippen molar-refractivity contribution >= 4 is 109 Å². The molecule has 20 heteroatoms. The van der Waals surface area contributed by atoms with Gasteiger partial charge in [0.15, 0.2) is 5.82 Å². The Morgan fingerprint density at radius 1 is 0.493 bits per heavy atom. The number of rotatable bonds is 6. The third-order valence-corrected chi connectivity index (χ3v) is 10.7. The second-order valence-corrected chi connectivity index (χ2v) is 18.2. The molecule has 0 aliphatic heterocycles. The van der Waals surface area contributed by atoms with Crippen LogP contribution in [0.1, 0.15) is 20.8 Å². The molecule has 5 aromatic carbocycles. The van der Waals surface area contributed by atoms with E-state index < -0.39 is 12.7 Å². The van der Waals surface area contributed by atoms with Crippen molar-refractivity contribution in [1.29, 1.82) is 0 Å². The summed E-state index contributed by atoms with van der Waals surface area (Å²) < 4.78 is 5.77. The zero-order valence-corrected chi connectivity index (χ0v) is 47.9. The van der Waals surface area contributed by atoms with Crippen molar-refractivity contribution < 1.29 is 66.5 Å². The number of hydrogen-bond donors (Lipinski definition) is 5. The Bertz CT molecular complexity index is 3460. The molecule has 0 bridgehead atoms. The molecule has 15 nitrogen and oxygen atoms in total. The van der Waals surface area contributed by atoms with Crippen molar-refractivity contribution in [2.24, 2.45) is 21.1 Å². The Labute approximate surface area is 494 Å². The van der Waals surface area contributed by atoms with Crippen molar-refractivity contribution in [1.82, 2.24) is 43.6 Å². The minimum atomic E-state index is -1.34. The Balaban J connectivity index is 0.000000178. The van der Waals surface area contributed by atoms with Gasteiger partial charge in [0.25, 0.3) is 0 Å². The van der Waals surface area contributed by atoms with Gasteiger partial charge in [0.05, 0.1) is 16.2 Å². The minimum Gasteiger partial charge on any atom is -0.850 e. The largest absolute Gasteiger partial charge is 1.00 e. The fraction of sp³-hybridized carbons (Fsp3) is 0.127. The number of nitrogens with two attached hydrogens (primary N) is 1. The van der Waals surface area contributed by atoms with Crippen LogP contribution in [-0.2, 0) is 21.1 Å². The molecule has 0 fully saturated rings. The Hall–Kier alpha value is -6.19. The summed E-state index contributed by atoms with van der Waals surface area (Å²) in [6.07, 6.45) is 5.80. The quantitative estimate of drug-likeness (QED) is 0.0468. The van der Waals surface area contributed by atoms with Crippen LogP contribution in [0.4, 0.5) is 28.7 Å². The predicted octanol–water partition coefficient (Wildman–Crippen LogP) is 7.80. The molecular weight excluding hydrogens is 1030 g/mol. The molecule has 0 aliphatic carbocycles. The maximum absolute atomic E-state index is 10.1. The normalized spacial score (nSPS) is 10.3. The van der Waals surface area contributed by atoms with E-state index in [1.54, 1.807) is 45.0 Å². The third-order valence-electron chi connectivity index (χ3n) is 10.1. The summed E-state index contributed by atoms with van der Waals surface area (Å²) in [7, 11) is 4.46. The Morgan fingerprint density at radius 2 is 0.853 bits per heavy atom. The summed E-state index contributed by atoms with van der Waals surface area (Å²) in [4.78, 5) is 25.8. The van der Waals surface area contributed by atoms with E-state index in [-0.39, 0.29) is 62.0 Å². The Morgan fingerprint density at radius 3 is 1.27 bits per heavy atom. The first kappa shape index (κ1) is 59.7. The molecule has 0 saturated carbocycles. The first-order chi connectivity index (χ1) is 35.4. The summed E-state index contributed by atoms with van der Waals surface area (Å²) in [5, 5.41) is 37.5. The molecular formula is C55H55BCl3KN12O3. The molecule has 0 aliphatic rings.